The Labute approximate surface area is 160 Å². The molecule has 27 heavy (non-hydrogen) atoms. The van der Waals surface area contributed by atoms with Crippen LogP contribution in [0.5, 0.6) is 11.5 Å². The van der Waals surface area contributed by atoms with Gasteiger partial charge in [-0.15, -0.1) is 0 Å². The van der Waals surface area contributed by atoms with Gasteiger partial charge < -0.3 is 25.1 Å². The summed E-state index contributed by atoms with van der Waals surface area (Å²) in [6.07, 6.45) is 2.15. The van der Waals surface area contributed by atoms with Gasteiger partial charge in [-0.3, -0.25) is 4.79 Å². The number of aromatic nitrogens is 4. The standard InChI is InChI=1S/C17H19ClN6O3/c1-26-11-4-3-10(7-12(11)27-2)5-6-19-13(25)8-20-15-14-16(22-9-21-14)24-17(18)23-15/h3-4,7,9H,5-6,8H2,1-2H3,(H,19,25)(H2,20,21,22,23,24). The van der Waals surface area contributed by atoms with Crippen LogP contribution in [0.4, 0.5) is 5.82 Å². The van der Waals surface area contributed by atoms with Crippen LogP contribution in [0.15, 0.2) is 24.5 Å². The molecule has 0 atom stereocenters. The number of amides is 1. The zero-order chi connectivity index (χ0) is 19.2. The Kier molecular flexibility index (Phi) is 5.92. The van der Waals surface area contributed by atoms with Gasteiger partial charge in [-0.25, -0.2) is 4.98 Å². The number of carbonyl (C=O) groups is 1. The van der Waals surface area contributed by atoms with Gasteiger partial charge in [0.15, 0.2) is 23.0 Å². The molecule has 3 aromatic rings. The fourth-order valence-corrected chi connectivity index (χ4v) is 2.71. The van der Waals surface area contributed by atoms with Gasteiger partial charge in [-0.2, -0.15) is 9.97 Å². The van der Waals surface area contributed by atoms with E-state index < -0.39 is 0 Å². The number of fused-ring (bicyclic) bond motifs is 1. The van der Waals surface area contributed by atoms with Crippen LogP contribution in [-0.4, -0.2) is 53.2 Å². The highest BCUT2D eigenvalue weighted by molar-refractivity contribution is 6.28. The number of benzene rings is 1. The average Bonchev–Trinajstić information content (AvgIpc) is 3.14. The Balaban J connectivity index is 1.51. The van der Waals surface area contributed by atoms with Gasteiger partial charge in [0.05, 0.1) is 27.1 Å². The molecule has 0 aliphatic heterocycles. The maximum absolute atomic E-state index is 12.1. The van der Waals surface area contributed by atoms with E-state index >= 15 is 0 Å². The summed E-state index contributed by atoms with van der Waals surface area (Å²) in [6.45, 7) is 0.535. The predicted molar refractivity (Wildman–Crippen MR) is 101 cm³/mol. The van der Waals surface area contributed by atoms with Gasteiger partial charge in [0.25, 0.3) is 0 Å². The summed E-state index contributed by atoms with van der Waals surface area (Å²) in [5, 5.41) is 5.85. The van der Waals surface area contributed by atoms with E-state index in [2.05, 4.69) is 30.6 Å². The van der Waals surface area contributed by atoms with Crippen molar-refractivity contribution in [3.05, 3.63) is 35.4 Å². The monoisotopic (exact) mass is 390 g/mol. The quantitative estimate of drug-likeness (QED) is 0.502. The van der Waals surface area contributed by atoms with E-state index in [1.54, 1.807) is 14.2 Å². The number of halogens is 1. The number of hydrogen-bond acceptors (Lipinski definition) is 7. The largest absolute Gasteiger partial charge is 0.493 e. The van der Waals surface area contributed by atoms with Crippen molar-refractivity contribution in [2.75, 3.05) is 32.6 Å². The molecular formula is C17H19ClN6O3. The van der Waals surface area contributed by atoms with Crippen LogP contribution in [0.25, 0.3) is 11.2 Å². The van der Waals surface area contributed by atoms with Crippen LogP contribution in [0.3, 0.4) is 0 Å². The molecule has 0 bridgehead atoms. The lowest BCUT2D eigenvalue weighted by molar-refractivity contribution is -0.119. The van der Waals surface area contributed by atoms with Crippen LogP contribution in [0, 0.1) is 0 Å². The van der Waals surface area contributed by atoms with Crippen molar-refractivity contribution in [2.24, 2.45) is 0 Å². The molecular weight excluding hydrogens is 372 g/mol. The van der Waals surface area contributed by atoms with Crippen molar-refractivity contribution >= 4 is 34.5 Å². The fourth-order valence-electron chi connectivity index (χ4n) is 2.54. The summed E-state index contributed by atoms with van der Waals surface area (Å²) in [7, 11) is 3.18. The van der Waals surface area contributed by atoms with Crippen LogP contribution < -0.4 is 20.1 Å². The van der Waals surface area contributed by atoms with Gasteiger partial charge in [-0.05, 0) is 35.7 Å². The van der Waals surface area contributed by atoms with Gasteiger partial charge >= 0.3 is 0 Å². The number of ether oxygens (including phenoxy) is 2. The number of nitrogens with one attached hydrogen (secondary N) is 3. The third-order valence-corrected chi connectivity index (χ3v) is 4.03. The molecule has 10 heteroatoms. The Morgan fingerprint density at radius 3 is 2.81 bits per heavy atom. The minimum absolute atomic E-state index is 0.0490. The summed E-state index contributed by atoms with van der Waals surface area (Å²) in [5.41, 5.74) is 2.06. The molecule has 2 aromatic heterocycles. The number of H-pyrrole nitrogens is 1. The molecule has 1 amide bonds. The van der Waals surface area contributed by atoms with Crippen molar-refractivity contribution in [1.29, 1.82) is 0 Å². The first kappa shape index (κ1) is 18.7. The Hall–Kier alpha value is -3.07. The van der Waals surface area contributed by atoms with E-state index in [0.717, 1.165) is 5.56 Å². The topological polar surface area (TPSA) is 114 Å². The van der Waals surface area contributed by atoms with Gasteiger partial charge in [0.1, 0.15) is 5.52 Å². The third kappa shape index (κ3) is 4.56. The van der Waals surface area contributed by atoms with Crippen molar-refractivity contribution in [3.8, 4) is 11.5 Å². The number of aromatic amines is 1. The fraction of sp³-hybridized carbons (Fsp3) is 0.294. The van der Waals surface area contributed by atoms with E-state index in [-0.39, 0.29) is 17.7 Å². The Morgan fingerprint density at radius 2 is 2.04 bits per heavy atom. The van der Waals surface area contributed by atoms with Crippen molar-refractivity contribution in [1.82, 2.24) is 25.3 Å². The van der Waals surface area contributed by atoms with Crippen molar-refractivity contribution in [2.45, 2.75) is 6.42 Å². The Bertz CT molecular complexity index is 946. The second kappa shape index (κ2) is 8.54. The molecule has 1 aromatic carbocycles. The lowest BCUT2D eigenvalue weighted by atomic mass is 10.1. The van der Waals surface area contributed by atoms with Crippen molar-refractivity contribution in [3.63, 3.8) is 0 Å². The number of carbonyl (C=O) groups excluding carboxylic acids is 1. The lowest BCUT2D eigenvalue weighted by Gasteiger charge is -2.10. The molecule has 0 saturated carbocycles. The van der Waals surface area contributed by atoms with Gasteiger partial charge in [-0.1, -0.05) is 6.07 Å². The number of rotatable bonds is 8. The predicted octanol–water partition coefficient (Wildman–Crippen LogP) is 1.79. The maximum atomic E-state index is 12.1. The number of hydrogen-bond donors (Lipinski definition) is 3. The minimum atomic E-state index is -0.169. The molecule has 0 aliphatic rings. The molecule has 0 unspecified atom stereocenters. The third-order valence-electron chi connectivity index (χ3n) is 3.86. The zero-order valence-electron chi connectivity index (χ0n) is 14.9. The molecule has 2 heterocycles. The van der Waals surface area contributed by atoms with Gasteiger partial charge in [0.2, 0.25) is 11.2 Å². The molecule has 0 spiro atoms. The first-order valence-electron chi connectivity index (χ1n) is 8.19. The summed E-state index contributed by atoms with van der Waals surface area (Å²) in [5.74, 6) is 1.59. The Morgan fingerprint density at radius 1 is 1.22 bits per heavy atom. The maximum Gasteiger partial charge on any atom is 0.239 e. The van der Waals surface area contributed by atoms with E-state index in [4.69, 9.17) is 21.1 Å². The average molecular weight is 391 g/mol. The molecule has 142 valence electrons. The van der Waals surface area contributed by atoms with Crippen molar-refractivity contribution < 1.29 is 14.3 Å². The lowest BCUT2D eigenvalue weighted by Crippen LogP contribution is -2.31. The highest BCUT2D eigenvalue weighted by atomic mass is 35.5. The molecule has 3 N–H and O–H groups in total. The molecule has 3 rings (SSSR count). The summed E-state index contributed by atoms with van der Waals surface area (Å²) in [6, 6.07) is 5.66. The highest BCUT2D eigenvalue weighted by Crippen LogP contribution is 2.27. The van der Waals surface area contributed by atoms with Gasteiger partial charge in [0, 0.05) is 6.54 Å². The van der Waals surface area contributed by atoms with Crippen LogP contribution in [0.1, 0.15) is 5.56 Å². The minimum Gasteiger partial charge on any atom is -0.493 e. The normalized spacial score (nSPS) is 10.6. The number of methoxy groups -OCH3 is 2. The second-order valence-electron chi connectivity index (χ2n) is 5.59. The number of anilines is 1. The summed E-state index contributed by atoms with van der Waals surface area (Å²) < 4.78 is 10.5. The van der Waals surface area contributed by atoms with E-state index in [9.17, 15) is 4.79 Å². The number of nitrogens with zero attached hydrogens (tertiary/aromatic N) is 3. The van der Waals surface area contributed by atoms with Crippen LogP contribution >= 0.6 is 11.6 Å². The van der Waals surface area contributed by atoms with E-state index in [1.165, 1.54) is 6.33 Å². The first-order chi connectivity index (χ1) is 13.1. The molecule has 0 saturated heterocycles. The molecule has 0 aliphatic carbocycles. The van der Waals surface area contributed by atoms with E-state index in [0.29, 0.717) is 41.4 Å². The SMILES string of the molecule is COc1ccc(CCNC(=O)CNc2nc(Cl)nc3nc[nH]c23)cc1OC. The number of imidazole rings is 1. The highest BCUT2D eigenvalue weighted by Gasteiger charge is 2.10. The molecule has 9 nitrogen and oxygen atoms in total. The van der Waals surface area contributed by atoms with E-state index in [1.807, 2.05) is 18.2 Å². The zero-order valence-corrected chi connectivity index (χ0v) is 15.6. The summed E-state index contributed by atoms with van der Waals surface area (Å²) in [4.78, 5) is 27.1. The summed E-state index contributed by atoms with van der Waals surface area (Å²) >= 11 is 5.86. The molecule has 0 fully saturated rings. The smallest absolute Gasteiger partial charge is 0.239 e. The first-order valence-corrected chi connectivity index (χ1v) is 8.56. The van der Waals surface area contributed by atoms with Crippen LogP contribution in [0.2, 0.25) is 5.28 Å². The molecule has 0 radical (unpaired) electrons. The second-order valence-corrected chi connectivity index (χ2v) is 5.92. The van der Waals surface area contributed by atoms with Crippen LogP contribution in [-0.2, 0) is 11.2 Å².